The van der Waals surface area contributed by atoms with Crippen molar-refractivity contribution in [2.24, 2.45) is 5.92 Å². The average Bonchev–Trinajstić information content (AvgIpc) is 3.05. The molecular formula is C25H28N2O4. The normalized spacial score (nSPS) is 20.4. The molecule has 1 spiro atoms. The molecule has 2 aliphatic heterocycles. The number of likely N-dealkylation sites (tertiary alicyclic amines) is 2. The van der Waals surface area contributed by atoms with Crippen molar-refractivity contribution in [1.29, 1.82) is 0 Å². The molecule has 2 aromatic carbocycles. The maximum absolute atomic E-state index is 13.7. The summed E-state index contributed by atoms with van der Waals surface area (Å²) in [6.45, 7) is 1.00. The zero-order chi connectivity index (χ0) is 22.0. The zero-order valence-electron chi connectivity index (χ0n) is 18.0. The molecule has 0 bridgehead atoms. The Hall–Kier alpha value is -3.15. The van der Waals surface area contributed by atoms with Crippen molar-refractivity contribution in [3.05, 3.63) is 71.8 Å². The van der Waals surface area contributed by atoms with Crippen molar-refractivity contribution in [3.8, 4) is 0 Å². The number of carbonyl (C=O) groups excluding carboxylic acids is 3. The topological polar surface area (TPSA) is 66.9 Å². The summed E-state index contributed by atoms with van der Waals surface area (Å²) in [6, 6.07) is 19.6. The number of esters is 1. The first-order valence-electron chi connectivity index (χ1n) is 10.7. The van der Waals surface area contributed by atoms with E-state index < -0.39 is 11.5 Å². The van der Waals surface area contributed by atoms with E-state index in [9.17, 15) is 14.4 Å². The lowest BCUT2D eigenvalue weighted by molar-refractivity contribution is -0.150. The minimum Gasteiger partial charge on any atom is -0.469 e. The van der Waals surface area contributed by atoms with Crippen LogP contribution < -0.4 is 0 Å². The lowest BCUT2D eigenvalue weighted by Gasteiger charge is -2.46. The fourth-order valence-electron chi connectivity index (χ4n) is 5.18. The fraction of sp³-hybridized carbons (Fsp3) is 0.400. The van der Waals surface area contributed by atoms with Gasteiger partial charge < -0.3 is 14.5 Å². The number of piperidine rings is 1. The quantitative estimate of drug-likeness (QED) is 0.714. The summed E-state index contributed by atoms with van der Waals surface area (Å²) >= 11 is 0. The maximum atomic E-state index is 13.7. The predicted molar refractivity (Wildman–Crippen MR) is 116 cm³/mol. The Morgan fingerprint density at radius 1 is 0.968 bits per heavy atom. The molecule has 2 aliphatic rings. The van der Waals surface area contributed by atoms with E-state index in [2.05, 4.69) is 0 Å². The second-order valence-electron chi connectivity index (χ2n) is 8.42. The third kappa shape index (κ3) is 3.71. The van der Waals surface area contributed by atoms with Gasteiger partial charge in [0.1, 0.15) is 0 Å². The summed E-state index contributed by atoms with van der Waals surface area (Å²) in [5.74, 6) is -1.19. The van der Waals surface area contributed by atoms with Gasteiger partial charge in [-0.25, -0.2) is 0 Å². The first-order valence-corrected chi connectivity index (χ1v) is 10.7. The fourth-order valence-corrected chi connectivity index (χ4v) is 5.18. The number of amides is 2. The Bertz CT molecular complexity index is 913. The summed E-state index contributed by atoms with van der Waals surface area (Å²) in [5, 5.41) is 0. The van der Waals surface area contributed by atoms with Crippen molar-refractivity contribution in [3.63, 3.8) is 0 Å². The molecule has 31 heavy (non-hydrogen) atoms. The van der Waals surface area contributed by atoms with E-state index in [1.54, 1.807) is 11.9 Å². The molecule has 6 nitrogen and oxygen atoms in total. The van der Waals surface area contributed by atoms with E-state index in [1.165, 1.54) is 7.11 Å². The molecule has 2 heterocycles. The molecule has 162 valence electrons. The first kappa shape index (κ1) is 21.1. The second-order valence-corrected chi connectivity index (χ2v) is 8.42. The van der Waals surface area contributed by atoms with Gasteiger partial charge in [0.05, 0.1) is 24.5 Å². The van der Waals surface area contributed by atoms with Gasteiger partial charge in [-0.3, -0.25) is 14.4 Å². The zero-order valence-corrected chi connectivity index (χ0v) is 18.0. The molecular weight excluding hydrogens is 392 g/mol. The van der Waals surface area contributed by atoms with Crippen LogP contribution in [0.4, 0.5) is 0 Å². The number of benzene rings is 2. The molecule has 0 saturated carbocycles. The van der Waals surface area contributed by atoms with Crippen LogP contribution in [0.3, 0.4) is 0 Å². The van der Waals surface area contributed by atoms with Crippen LogP contribution in [0.2, 0.25) is 0 Å². The Morgan fingerprint density at radius 3 is 1.97 bits per heavy atom. The van der Waals surface area contributed by atoms with E-state index >= 15 is 0 Å². The molecule has 2 amide bonds. The number of nitrogens with zero attached hydrogens (tertiary/aromatic N) is 2. The van der Waals surface area contributed by atoms with E-state index in [1.807, 2.05) is 65.6 Å². The number of hydrogen-bond acceptors (Lipinski definition) is 4. The Labute approximate surface area is 182 Å². The van der Waals surface area contributed by atoms with Gasteiger partial charge >= 0.3 is 5.97 Å². The number of hydrogen-bond donors (Lipinski definition) is 0. The van der Waals surface area contributed by atoms with Crippen LogP contribution in [0.1, 0.15) is 36.3 Å². The smallest absolute Gasteiger partial charge is 0.311 e. The van der Waals surface area contributed by atoms with Crippen molar-refractivity contribution in [1.82, 2.24) is 9.80 Å². The minimum atomic E-state index is -0.573. The van der Waals surface area contributed by atoms with E-state index in [-0.39, 0.29) is 30.1 Å². The Balaban J connectivity index is 1.58. The summed E-state index contributed by atoms with van der Waals surface area (Å²) in [5.41, 5.74) is 1.34. The molecule has 0 N–H and O–H groups in total. The molecule has 4 rings (SSSR count). The predicted octanol–water partition coefficient (Wildman–Crippen LogP) is 2.83. The molecule has 1 unspecified atom stereocenters. The van der Waals surface area contributed by atoms with Crippen molar-refractivity contribution in [2.75, 3.05) is 27.2 Å². The van der Waals surface area contributed by atoms with Gasteiger partial charge in [-0.05, 0) is 24.0 Å². The molecule has 0 aromatic heterocycles. The van der Waals surface area contributed by atoms with Crippen molar-refractivity contribution < 1.29 is 19.1 Å². The van der Waals surface area contributed by atoms with Gasteiger partial charge in [-0.1, -0.05) is 60.7 Å². The molecule has 0 aliphatic carbocycles. The lowest BCUT2D eigenvalue weighted by atomic mass is 9.76. The monoisotopic (exact) mass is 420 g/mol. The Kier molecular flexibility index (Phi) is 5.81. The van der Waals surface area contributed by atoms with E-state index in [4.69, 9.17) is 4.74 Å². The van der Waals surface area contributed by atoms with Gasteiger partial charge in [-0.15, -0.1) is 0 Å². The molecule has 6 heteroatoms. The number of carbonyl (C=O) groups is 3. The van der Waals surface area contributed by atoms with Gasteiger partial charge in [0.2, 0.25) is 11.8 Å². The van der Waals surface area contributed by atoms with Crippen LogP contribution in [-0.2, 0) is 19.1 Å². The highest BCUT2D eigenvalue weighted by Gasteiger charge is 2.56. The van der Waals surface area contributed by atoms with Gasteiger partial charge in [0, 0.05) is 26.6 Å². The largest absolute Gasteiger partial charge is 0.469 e. The van der Waals surface area contributed by atoms with Gasteiger partial charge in [0.25, 0.3) is 0 Å². The number of methoxy groups -OCH3 is 1. The van der Waals surface area contributed by atoms with Gasteiger partial charge in [-0.2, -0.15) is 0 Å². The Morgan fingerprint density at radius 2 is 1.48 bits per heavy atom. The summed E-state index contributed by atoms with van der Waals surface area (Å²) < 4.78 is 4.99. The first-order chi connectivity index (χ1) is 15.0. The van der Waals surface area contributed by atoms with Crippen LogP contribution in [0.25, 0.3) is 0 Å². The summed E-state index contributed by atoms with van der Waals surface area (Å²) in [6.07, 6.45) is 1.31. The van der Waals surface area contributed by atoms with Crippen LogP contribution in [-0.4, -0.2) is 60.4 Å². The molecule has 2 aromatic rings. The van der Waals surface area contributed by atoms with Crippen LogP contribution in [0.5, 0.6) is 0 Å². The summed E-state index contributed by atoms with van der Waals surface area (Å²) in [4.78, 5) is 42.1. The maximum Gasteiger partial charge on any atom is 0.311 e. The van der Waals surface area contributed by atoms with E-state index in [0.717, 1.165) is 11.1 Å². The molecule has 2 fully saturated rings. The third-order valence-electron chi connectivity index (χ3n) is 7.01. The highest BCUT2D eigenvalue weighted by molar-refractivity contribution is 5.90. The summed E-state index contributed by atoms with van der Waals surface area (Å²) in [7, 11) is 3.13. The molecule has 0 radical (unpaired) electrons. The number of ether oxygens (including phenoxy) is 1. The minimum absolute atomic E-state index is 0.0402. The average molecular weight is 421 g/mol. The number of rotatable bonds is 4. The van der Waals surface area contributed by atoms with Gasteiger partial charge in [0.15, 0.2) is 0 Å². The lowest BCUT2D eigenvalue weighted by Crippen LogP contribution is -2.57. The van der Waals surface area contributed by atoms with Crippen LogP contribution in [0, 0.1) is 5.92 Å². The molecule has 1 atom stereocenters. The van der Waals surface area contributed by atoms with Crippen molar-refractivity contribution in [2.45, 2.75) is 30.7 Å². The second kappa shape index (κ2) is 8.53. The van der Waals surface area contributed by atoms with Crippen LogP contribution in [0.15, 0.2) is 60.7 Å². The van der Waals surface area contributed by atoms with E-state index in [0.29, 0.717) is 25.9 Å². The van der Waals surface area contributed by atoms with Crippen LogP contribution >= 0.6 is 0 Å². The molecule has 2 saturated heterocycles. The SMILES string of the molecule is COC(=O)C1CC(=O)N(C)C12CCN(C(=O)C(c1ccccc1)c1ccccc1)CC2. The third-order valence-corrected chi connectivity index (χ3v) is 7.01. The standard InChI is InChI=1S/C25H28N2O4/c1-26-21(28)17-20(24(30)31-2)25(26)13-15-27(16-14-25)23(29)22(18-9-5-3-6-10-18)19-11-7-4-8-12-19/h3-12,20,22H,13-17H2,1-2H3. The van der Waals surface area contributed by atoms with Crippen molar-refractivity contribution >= 4 is 17.8 Å². The highest BCUT2D eigenvalue weighted by Crippen LogP contribution is 2.43. The highest BCUT2D eigenvalue weighted by atomic mass is 16.5.